The molecule has 0 amide bonds. The Morgan fingerprint density at radius 2 is 1.80 bits per heavy atom. The van der Waals surface area contributed by atoms with Crippen molar-refractivity contribution in [1.29, 1.82) is 0 Å². The third-order valence-corrected chi connectivity index (χ3v) is 5.82. The van der Waals surface area contributed by atoms with Crippen LogP contribution in [0.2, 0.25) is 5.02 Å². The van der Waals surface area contributed by atoms with Gasteiger partial charge >= 0.3 is 0 Å². The molecule has 2 rings (SSSR count). The number of sulfonamides is 1. The normalized spacial score (nSPS) is 11.2. The topological polar surface area (TPSA) is 72.6 Å². The highest BCUT2D eigenvalue weighted by atomic mass is 35.5. The van der Waals surface area contributed by atoms with Crippen molar-refractivity contribution < 1.29 is 13.2 Å². The Morgan fingerprint density at radius 3 is 2.36 bits per heavy atom. The van der Waals surface area contributed by atoms with Crippen molar-refractivity contribution >= 4 is 34.0 Å². The van der Waals surface area contributed by atoms with Crippen LogP contribution in [0.4, 0.5) is 0 Å². The van der Waals surface area contributed by atoms with Gasteiger partial charge in [0.1, 0.15) is 5.75 Å². The van der Waals surface area contributed by atoms with E-state index in [0.29, 0.717) is 18.7 Å². The Balaban J connectivity index is 0.00000312. The Morgan fingerprint density at radius 1 is 1.12 bits per heavy atom. The minimum Gasteiger partial charge on any atom is -0.495 e. The van der Waals surface area contributed by atoms with E-state index in [0.717, 1.165) is 5.56 Å². The van der Waals surface area contributed by atoms with Crippen molar-refractivity contribution in [3.05, 3.63) is 59.1 Å². The first-order valence-electron chi connectivity index (χ1n) is 7.56. The van der Waals surface area contributed by atoms with Crippen LogP contribution in [-0.2, 0) is 16.4 Å². The van der Waals surface area contributed by atoms with Crippen molar-refractivity contribution in [1.82, 2.24) is 4.31 Å². The van der Waals surface area contributed by atoms with Crippen molar-refractivity contribution in [3.63, 3.8) is 0 Å². The molecule has 2 aromatic carbocycles. The van der Waals surface area contributed by atoms with Gasteiger partial charge in [0, 0.05) is 19.6 Å². The third-order valence-electron chi connectivity index (χ3n) is 3.63. The number of hydrogen-bond acceptors (Lipinski definition) is 4. The monoisotopic (exact) mass is 404 g/mol. The van der Waals surface area contributed by atoms with E-state index in [2.05, 4.69) is 0 Å². The number of nitrogens with two attached hydrogens (primary N) is 1. The fourth-order valence-corrected chi connectivity index (χ4v) is 4.16. The molecule has 2 N–H and O–H groups in total. The maximum absolute atomic E-state index is 12.9. The summed E-state index contributed by atoms with van der Waals surface area (Å²) in [5.74, 6) is 0.435. The molecule has 0 saturated heterocycles. The smallest absolute Gasteiger partial charge is 0.243 e. The highest BCUT2D eigenvalue weighted by molar-refractivity contribution is 7.89. The summed E-state index contributed by atoms with van der Waals surface area (Å²) >= 11 is 6.06. The summed E-state index contributed by atoms with van der Waals surface area (Å²) in [5, 5.41) is 0.259. The summed E-state index contributed by atoms with van der Waals surface area (Å²) < 4.78 is 32.2. The first kappa shape index (κ1) is 21.7. The first-order chi connectivity index (χ1) is 11.5. The fraction of sp³-hybridized carbons (Fsp3) is 0.294. The molecule has 0 heterocycles. The third kappa shape index (κ3) is 5.59. The minimum absolute atomic E-state index is 0. The molecule has 0 bridgehead atoms. The Bertz CT molecular complexity index is 771. The van der Waals surface area contributed by atoms with Crippen LogP contribution in [0.5, 0.6) is 5.75 Å². The number of nitrogens with zero attached hydrogens (tertiary/aromatic N) is 1. The molecule has 0 saturated carbocycles. The molecule has 0 aromatic heterocycles. The van der Waals surface area contributed by atoms with E-state index in [1.165, 1.54) is 23.5 Å². The summed E-state index contributed by atoms with van der Waals surface area (Å²) in [6.07, 6.45) is 0.615. The molecule has 0 fully saturated rings. The zero-order chi connectivity index (χ0) is 17.6. The molecule has 2 aromatic rings. The van der Waals surface area contributed by atoms with Crippen LogP contribution in [0, 0.1) is 0 Å². The quantitative estimate of drug-likeness (QED) is 0.733. The van der Waals surface area contributed by atoms with Crippen molar-refractivity contribution in [2.45, 2.75) is 11.3 Å². The van der Waals surface area contributed by atoms with Crippen molar-refractivity contribution in [2.75, 3.05) is 26.7 Å². The molecule has 0 aliphatic rings. The fourth-order valence-electron chi connectivity index (χ4n) is 2.35. The van der Waals surface area contributed by atoms with E-state index in [1.807, 2.05) is 30.3 Å². The van der Waals surface area contributed by atoms with Gasteiger partial charge in [-0.05, 0) is 30.2 Å². The van der Waals surface area contributed by atoms with Gasteiger partial charge in [-0.25, -0.2) is 8.42 Å². The van der Waals surface area contributed by atoms with Gasteiger partial charge < -0.3 is 10.5 Å². The molecule has 0 atom stereocenters. The molecular weight excluding hydrogens is 383 g/mol. The van der Waals surface area contributed by atoms with Gasteiger partial charge in [0.05, 0.1) is 17.0 Å². The SMILES string of the molecule is COc1ccc(S(=O)(=O)N(CCN)CCc2ccccc2)cc1Cl.Cl. The number of halogens is 2. The lowest BCUT2D eigenvalue weighted by molar-refractivity contribution is 0.413. The standard InChI is InChI=1S/C17H21ClN2O3S.ClH/c1-23-17-8-7-15(13-16(17)18)24(21,22)20(12-10-19)11-9-14-5-3-2-4-6-14;/h2-8,13H,9-12,19H2,1H3;1H. The van der Waals surface area contributed by atoms with Crippen LogP contribution in [0.3, 0.4) is 0 Å². The molecule has 25 heavy (non-hydrogen) atoms. The lowest BCUT2D eigenvalue weighted by atomic mass is 10.1. The summed E-state index contributed by atoms with van der Waals surface area (Å²) in [6.45, 7) is 0.851. The number of ether oxygens (including phenoxy) is 1. The van der Waals surface area contributed by atoms with Crippen molar-refractivity contribution in [2.24, 2.45) is 5.73 Å². The molecule has 8 heteroatoms. The molecule has 0 spiro atoms. The molecule has 138 valence electrons. The van der Waals surface area contributed by atoms with E-state index in [1.54, 1.807) is 6.07 Å². The highest BCUT2D eigenvalue weighted by Crippen LogP contribution is 2.28. The van der Waals surface area contributed by atoms with Crippen LogP contribution in [0.25, 0.3) is 0 Å². The maximum Gasteiger partial charge on any atom is 0.243 e. The summed E-state index contributed by atoms with van der Waals surface area (Å²) in [6, 6.07) is 14.2. The van der Waals surface area contributed by atoms with Crippen LogP contribution in [0.1, 0.15) is 5.56 Å². The molecule has 5 nitrogen and oxygen atoms in total. The van der Waals surface area contributed by atoms with Gasteiger partial charge in [-0.15, -0.1) is 12.4 Å². The number of methoxy groups -OCH3 is 1. The van der Waals surface area contributed by atoms with E-state index in [4.69, 9.17) is 22.1 Å². The summed E-state index contributed by atoms with van der Waals surface area (Å²) in [7, 11) is -2.19. The lowest BCUT2D eigenvalue weighted by Crippen LogP contribution is -2.36. The number of hydrogen-bond donors (Lipinski definition) is 1. The summed E-state index contributed by atoms with van der Waals surface area (Å²) in [5.41, 5.74) is 6.67. The van der Waals surface area contributed by atoms with Crippen LogP contribution in [-0.4, -0.2) is 39.5 Å². The number of rotatable bonds is 8. The van der Waals surface area contributed by atoms with Gasteiger partial charge in [0.25, 0.3) is 0 Å². The van der Waals surface area contributed by atoms with Crippen LogP contribution >= 0.6 is 24.0 Å². The van der Waals surface area contributed by atoms with Gasteiger partial charge in [-0.2, -0.15) is 4.31 Å². The van der Waals surface area contributed by atoms with E-state index >= 15 is 0 Å². The second kappa shape index (κ2) is 9.99. The second-order valence-corrected chi connectivity index (χ2v) is 7.57. The Kier molecular flexibility index (Phi) is 8.68. The molecule has 0 radical (unpaired) electrons. The van der Waals surface area contributed by atoms with Crippen LogP contribution < -0.4 is 10.5 Å². The van der Waals surface area contributed by atoms with E-state index in [9.17, 15) is 8.42 Å². The second-order valence-electron chi connectivity index (χ2n) is 5.22. The molecule has 0 aliphatic carbocycles. The van der Waals surface area contributed by atoms with E-state index in [-0.39, 0.29) is 35.4 Å². The maximum atomic E-state index is 12.9. The van der Waals surface area contributed by atoms with Crippen LogP contribution in [0.15, 0.2) is 53.4 Å². The zero-order valence-corrected chi connectivity index (χ0v) is 16.3. The Labute approximate surface area is 160 Å². The predicted molar refractivity (Wildman–Crippen MR) is 103 cm³/mol. The van der Waals surface area contributed by atoms with Gasteiger partial charge in [-0.3, -0.25) is 0 Å². The van der Waals surface area contributed by atoms with Gasteiger partial charge in [-0.1, -0.05) is 41.9 Å². The highest BCUT2D eigenvalue weighted by Gasteiger charge is 2.24. The summed E-state index contributed by atoms with van der Waals surface area (Å²) in [4.78, 5) is 0.134. The first-order valence-corrected chi connectivity index (χ1v) is 9.38. The van der Waals surface area contributed by atoms with Crippen molar-refractivity contribution in [3.8, 4) is 5.75 Å². The average molecular weight is 405 g/mol. The molecule has 0 unspecified atom stereocenters. The Hall–Kier alpha value is -1.31. The largest absolute Gasteiger partial charge is 0.495 e. The van der Waals surface area contributed by atoms with E-state index < -0.39 is 10.0 Å². The van der Waals surface area contributed by atoms with Gasteiger partial charge in [0.2, 0.25) is 10.0 Å². The minimum atomic E-state index is -3.67. The molecular formula is C17H22Cl2N2O3S. The predicted octanol–water partition coefficient (Wildman–Crippen LogP) is 2.96. The lowest BCUT2D eigenvalue weighted by Gasteiger charge is -2.22. The average Bonchev–Trinajstić information content (AvgIpc) is 2.59. The zero-order valence-electron chi connectivity index (χ0n) is 13.9. The number of benzene rings is 2. The molecule has 0 aliphatic heterocycles. The van der Waals surface area contributed by atoms with Gasteiger partial charge in [0.15, 0.2) is 0 Å².